The van der Waals surface area contributed by atoms with E-state index >= 15 is 0 Å². The molecule has 1 aromatic carbocycles. The number of nitrogens with one attached hydrogen (secondary N) is 1. The Kier molecular flexibility index (Phi) is 3.76. The highest BCUT2D eigenvalue weighted by molar-refractivity contribution is 6.05. The molecule has 2 rings (SSSR count). The second-order valence-corrected chi connectivity index (χ2v) is 4.35. The molecule has 0 unspecified atom stereocenters. The minimum Gasteiger partial charge on any atom is -0.319 e. The summed E-state index contributed by atoms with van der Waals surface area (Å²) in [6.45, 7) is 3.55. The van der Waals surface area contributed by atoms with E-state index in [2.05, 4.69) is 10.3 Å². The van der Waals surface area contributed by atoms with Crippen molar-refractivity contribution in [1.82, 2.24) is 4.98 Å². The molecule has 0 bridgehead atoms. The van der Waals surface area contributed by atoms with Crippen LogP contribution >= 0.6 is 0 Å². The number of hydrogen-bond donors (Lipinski definition) is 1. The summed E-state index contributed by atoms with van der Waals surface area (Å²) in [6.07, 6.45) is 0. The largest absolute Gasteiger partial charge is 0.319 e. The van der Waals surface area contributed by atoms with Crippen LogP contribution in [0.1, 0.15) is 27.3 Å². The van der Waals surface area contributed by atoms with Crippen LogP contribution in [0.25, 0.3) is 0 Å². The molecule has 0 aliphatic carbocycles. The van der Waals surface area contributed by atoms with Crippen molar-refractivity contribution >= 4 is 11.6 Å². The number of nitriles is 1. The van der Waals surface area contributed by atoms with Gasteiger partial charge in [0.1, 0.15) is 5.82 Å². The lowest BCUT2D eigenvalue weighted by molar-refractivity contribution is 0.102. The first-order valence-corrected chi connectivity index (χ1v) is 5.96. The monoisotopic (exact) mass is 269 g/mol. The summed E-state index contributed by atoms with van der Waals surface area (Å²) in [5, 5.41) is 11.1. The van der Waals surface area contributed by atoms with Gasteiger partial charge in [-0.15, -0.1) is 0 Å². The number of rotatable bonds is 2. The van der Waals surface area contributed by atoms with Gasteiger partial charge in [0.25, 0.3) is 5.91 Å². The van der Waals surface area contributed by atoms with E-state index < -0.39 is 11.7 Å². The van der Waals surface area contributed by atoms with Crippen LogP contribution in [0.15, 0.2) is 30.3 Å². The fourth-order valence-corrected chi connectivity index (χ4v) is 1.80. The molecule has 1 aromatic heterocycles. The second kappa shape index (κ2) is 5.49. The summed E-state index contributed by atoms with van der Waals surface area (Å²) >= 11 is 0. The molecule has 2 aromatic rings. The van der Waals surface area contributed by atoms with Gasteiger partial charge in [0.05, 0.1) is 28.6 Å². The van der Waals surface area contributed by atoms with E-state index in [1.54, 1.807) is 19.1 Å². The molecule has 100 valence electrons. The molecule has 0 spiro atoms. The van der Waals surface area contributed by atoms with Crippen molar-refractivity contribution in [3.05, 3.63) is 58.7 Å². The third-order valence-electron chi connectivity index (χ3n) is 2.82. The number of halogens is 1. The summed E-state index contributed by atoms with van der Waals surface area (Å²) < 4.78 is 13.7. The Morgan fingerprint density at radius 1 is 1.30 bits per heavy atom. The third kappa shape index (κ3) is 2.81. The molecule has 0 saturated carbocycles. The van der Waals surface area contributed by atoms with E-state index in [4.69, 9.17) is 5.26 Å². The number of carbonyl (C=O) groups is 1. The number of aryl methyl sites for hydroxylation is 2. The Labute approximate surface area is 115 Å². The van der Waals surface area contributed by atoms with Crippen molar-refractivity contribution in [1.29, 1.82) is 5.26 Å². The molecule has 0 radical (unpaired) electrons. The molecule has 0 atom stereocenters. The molecule has 0 fully saturated rings. The first-order valence-electron chi connectivity index (χ1n) is 5.96. The van der Waals surface area contributed by atoms with E-state index in [-0.39, 0.29) is 11.3 Å². The summed E-state index contributed by atoms with van der Waals surface area (Å²) in [6, 6.07) is 9.09. The van der Waals surface area contributed by atoms with Gasteiger partial charge in [0.2, 0.25) is 0 Å². The van der Waals surface area contributed by atoms with Crippen LogP contribution in [0.5, 0.6) is 0 Å². The zero-order valence-corrected chi connectivity index (χ0v) is 11.1. The maximum atomic E-state index is 13.7. The van der Waals surface area contributed by atoms with Gasteiger partial charge in [0.15, 0.2) is 0 Å². The fraction of sp³-hybridized carbons (Fsp3) is 0.133. The highest BCUT2D eigenvalue weighted by Crippen LogP contribution is 2.17. The maximum Gasteiger partial charge on any atom is 0.257 e. The summed E-state index contributed by atoms with van der Waals surface area (Å²) in [4.78, 5) is 16.3. The first kappa shape index (κ1) is 13.7. The molecular formula is C15H12FN3O. The number of anilines is 1. The van der Waals surface area contributed by atoms with Crippen molar-refractivity contribution in [3.8, 4) is 6.07 Å². The van der Waals surface area contributed by atoms with Crippen molar-refractivity contribution in [2.45, 2.75) is 13.8 Å². The molecule has 1 heterocycles. The van der Waals surface area contributed by atoms with Gasteiger partial charge >= 0.3 is 0 Å². The third-order valence-corrected chi connectivity index (χ3v) is 2.82. The minimum atomic E-state index is -0.643. The summed E-state index contributed by atoms with van der Waals surface area (Å²) in [5.74, 6) is -1.08. The first-order chi connectivity index (χ1) is 9.51. The van der Waals surface area contributed by atoms with Gasteiger partial charge in [-0.3, -0.25) is 9.78 Å². The van der Waals surface area contributed by atoms with Crippen molar-refractivity contribution in [3.63, 3.8) is 0 Å². The predicted octanol–water partition coefficient (Wildman–Crippen LogP) is 2.96. The van der Waals surface area contributed by atoms with Gasteiger partial charge in [-0.2, -0.15) is 5.26 Å². The molecule has 1 amide bonds. The lowest BCUT2D eigenvalue weighted by Crippen LogP contribution is -2.15. The zero-order valence-electron chi connectivity index (χ0n) is 11.1. The number of benzene rings is 1. The molecule has 0 aliphatic rings. The van der Waals surface area contributed by atoms with E-state index in [1.807, 2.05) is 13.0 Å². The quantitative estimate of drug-likeness (QED) is 0.911. The van der Waals surface area contributed by atoms with Gasteiger partial charge in [-0.05, 0) is 44.2 Å². The number of amides is 1. The number of nitrogens with zero attached hydrogens (tertiary/aromatic N) is 2. The molecule has 0 saturated heterocycles. The number of aromatic nitrogens is 1. The molecule has 5 heteroatoms. The maximum absolute atomic E-state index is 13.7. The Bertz CT molecular complexity index is 720. The van der Waals surface area contributed by atoms with E-state index in [0.29, 0.717) is 11.3 Å². The van der Waals surface area contributed by atoms with Gasteiger partial charge in [-0.1, -0.05) is 0 Å². The molecule has 0 aliphatic heterocycles. The number of hydrogen-bond acceptors (Lipinski definition) is 3. The fourth-order valence-electron chi connectivity index (χ4n) is 1.80. The Balaban J connectivity index is 2.26. The van der Waals surface area contributed by atoms with Crippen molar-refractivity contribution < 1.29 is 9.18 Å². The Morgan fingerprint density at radius 3 is 2.65 bits per heavy atom. The van der Waals surface area contributed by atoms with E-state index in [9.17, 15) is 9.18 Å². The smallest absolute Gasteiger partial charge is 0.257 e. The highest BCUT2D eigenvalue weighted by Gasteiger charge is 2.12. The second-order valence-electron chi connectivity index (χ2n) is 4.35. The number of pyridine rings is 1. The lowest BCUT2D eigenvalue weighted by Gasteiger charge is -2.08. The predicted molar refractivity (Wildman–Crippen MR) is 72.8 cm³/mol. The average Bonchev–Trinajstić information content (AvgIpc) is 2.40. The van der Waals surface area contributed by atoms with Crippen LogP contribution in [0.4, 0.5) is 10.1 Å². The molecule has 1 N–H and O–H groups in total. The van der Waals surface area contributed by atoms with Crippen LogP contribution in [0.2, 0.25) is 0 Å². The number of carbonyl (C=O) groups excluding carboxylic acids is 1. The summed E-state index contributed by atoms with van der Waals surface area (Å²) in [7, 11) is 0. The molecule has 4 nitrogen and oxygen atoms in total. The van der Waals surface area contributed by atoms with Gasteiger partial charge in [0, 0.05) is 5.69 Å². The molecule has 20 heavy (non-hydrogen) atoms. The van der Waals surface area contributed by atoms with E-state index in [1.165, 1.54) is 12.1 Å². The van der Waals surface area contributed by atoms with Crippen LogP contribution in [0, 0.1) is 31.0 Å². The lowest BCUT2D eigenvalue weighted by atomic mass is 10.1. The van der Waals surface area contributed by atoms with Crippen molar-refractivity contribution in [2.24, 2.45) is 0 Å². The van der Waals surface area contributed by atoms with Crippen molar-refractivity contribution in [2.75, 3.05) is 5.32 Å². The van der Waals surface area contributed by atoms with Crippen LogP contribution in [-0.2, 0) is 0 Å². The van der Waals surface area contributed by atoms with Gasteiger partial charge < -0.3 is 5.32 Å². The SMILES string of the molecule is Cc1ccc(C(=O)Nc2ccc(C#N)cc2F)c(C)n1. The van der Waals surface area contributed by atoms with E-state index in [0.717, 1.165) is 11.8 Å². The van der Waals surface area contributed by atoms with Crippen LogP contribution in [0.3, 0.4) is 0 Å². The highest BCUT2D eigenvalue weighted by atomic mass is 19.1. The average molecular weight is 269 g/mol. The normalized spacial score (nSPS) is 9.90. The zero-order chi connectivity index (χ0) is 14.7. The van der Waals surface area contributed by atoms with Crippen LogP contribution in [-0.4, -0.2) is 10.9 Å². The topological polar surface area (TPSA) is 65.8 Å². The molecular weight excluding hydrogens is 257 g/mol. The standard InChI is InChI=1S/C15H12FN3O/c1-9-3-5-12(10(2)18-9)15(20)19-14-6-4-11(8-17)7-13(14)16/h3-7H,1-2H3,(H,19,20). The summed E-state index contributed by atoms with van der Waals surface area (Å²) in [5.41, 5.74) is 2.02. The Morgan fingerprint density at radius 2 is 2.05 bits per heavy atom. The van der Waals surface area contributed by atoms with Crippen LogP contribution < -0.4 is 5.32 Å². The van der Waals surface area contributed by atoms with Gasteiger partial charge in [-0.25, -0.2) is 4.39 Å². The Hall–Kier alpha value is -2.74. The minimum absolute atomic E-state index is 0.0361.